The van der Waals surface area contributed by atoms with Crippen LogP contribution in [0.15, 0.2) is 78.4 Å². The molecule has 3 atom stereocenters. The molecule has 0 bridgehead atoms. The van der Waals surface area contributed by atoms with Gasteiger partial charge in [-0.05, 0) is 98.4 Å². The smallest absolute Gasteiger partial charge is 0.421 e. The quantitative estimate of drug-likeness (QED) is 0.0392. The number of anilines is 2. The van der Waals surface area contributed by atoms with Crippen molar-refractivity contribution in [2.24, 2.45) is 5.41 Å². The molecule has 0 aliphatic carbocycles. The predicted molar refractivity (Wildman–Crippen MR) is 278 cm³/mol. The van der Waals surface area contributed by atoms with Crippen molar-refractivity contribution < 1.29 is 69.3 Å². The average molecular weight is 1140 g/mol. The topological polar surface area (TPSA) is 219 Å². The summed E-state index contributed by atoms with van der Waals surface area (Å²) >= 11 is 6.88. The molecule has 79 heavy (non-hydrogen) atoms. The van der Waals surface area contributed by atoms with E-state index in [0.717, 1.165) is 38.9 Å². The van der Waals surface area contributed by atoms with Crippen molar-refractivity contribution in [1.82, 2.24) is 30.8 Å². The molecule has 4 N–H and O–H groups in total. The number of alkyl halides is 6. The Morgan fingerprint density at radius 2 is 1.66 bits per heavy atom. The zero-order chi connectivity index (χ0) is 57.9. The Hall–Kier alpha value is -7.60. The molecule has 26 heteroatoms. The van der Waals surface area contributed by atoms with Crippen LogP contribution in [0, 0.1) is 29.5 Å². The van der Waals surface area contributed by atoms with Gasteiger partial charge in [-0.15, -0.1) is 11.3 Å². The lowest BCUT2D eigenvalue weighted by molar-refractivity contribution is -0.144. The molecule has 2 aromatic heterocycles. The van der Waals surface area contributed by atoms with E-state index in [-0.39, 0.29) is 50.4 Å². The second-order valence-electron chi connectivity index (χ2n) is 20.0. The number of halogens is 7. The number of likely N-dealkylation sites (tertiary alicyclic amines) is 1. The summed E-state index contributed by atoms with van der Waals surface area (Å²) in [5.41, 5.74) is -4.04. The summed E-state index contributed by atoms with van der Waals surface area (Å²) in [4.78, 5) is 78.8. The van der Waals surface area contributed by atoms with Crippen molar-refractivity contribution in [3.8, 4) is 28.1 Å². The van der Waals surface area contributed by atoms with Crippen molar-refractivity contribution >= 4 is 69.6 Å². The van der Waals surface area contributed by atoms with Crippen LogP contribution in [0.25, 0.3) is 10.4 Å². The van der Waals surface area contributed by atoms with E-state index in [1.807, 2.05) is 31.2 Å². The molecule has 2 aliphatic rings. The summed E-state index contributed by atoms with van der Waals surface area (Å²) in [6, 6.07) is 13.6. The average Bonchev–Trinajstić information content (AvgIpc) is 4.19. The van der Waals surface area contributed by atoms with E-state index in [1.165, 1.54) is 60.4 Å². The highest BCUT2D eigenvalue weighted by atomic mass is 32.1. The molecule has 2 aliphatic heterocycles. The number of aryl methyl sites for hydroxylation is 1. The predicted octanol–water partition coefficient (Wildman–Crippen LogP) is 8.22. The lowest BCUT2D eigenvalue weighted by Crippen LogP contribution is -2.58. The lowest BCUT2D eigenvalue weighted by Gasteiger charge is -2.35. The Morgan fingerprint density at radius 3 is 2.27 bits per heavy atom. The first-order valence-electron chi connectivity index (χ1n) is 24.3. The number of aliphatic hydroxyl groups is 1. The normalized spacial score (nSPS) is 16.9. The van der Waals surface area contributed by atoms with Crippen LogP contribution in [-0.4, -0.2) is 105 Å². The molecule has 0 spiro atoms. The monoisotopic (exact) mass is 1140 g/mol. The van der Waals surface area contributed by atoms with E-state index in [2.05, 4.69) is 25.9 Å². The fourth-order valence-electron chi connectivity index (χ4n) is 8.81. The van der Waals surface area contributed by atoms with Gasteiger partial charge in [0.2, 0.25) is 23.6 Å². The molecule has 0 saturated carbocycles. The number of hydrogen-bond donors (Lipinski definition) is 4. The molecule has 2 saturated heterocycles. The molecule has 0 radical (unpaired) electrons. The number of pyridine rings is 1. The molecule has 5 amide bonds. The highest BCUT2D eigenvalue weighted by Crippen LogP contribution is 2.45. The number of nitriles is 1. The van der Waals surface area contributed by atoms with Gasteiger partial charge >= 0.3 is 12.4 Å². The third-order valence-corrected chi connectivity index (χ3v) is 14.2. The molecular weight excluding hydrogens is 1090 g/mol. The second-order valence-corrected chi connectivity index (χ2v) is 21.2. The summed E-state index contributed by atoms with van der Waals surface area (Å²) in [5.74, 6) is -6.44. The maximum absolute atomic E-state index is 15.5. The van der Waals surface area contributed by atoms with Crippen LogP contribution in [-0.2, 0) is 42.8 Å². The van der Waals surface area contributed by atoms with Gasteiger partial charge in [0.1, 0.15) is 41.1 Å². The Morgan fingerprint density at radius 1 is 0.975 bits per heavy atom. The largest absolute Gasteiger partial charge is 0.438 e. The number of β-amino-alcohol motifs (C(OH)–C–C–N with tert-alkyl or cyclic N) is 1. The van der Waals surface area contributed by atoms with E-state index in [0.29, 0.717) is 17.0 Å². The van der Waals surface area contributed by atoms with Crippen LogP contribution >= 0.6 is 23.6 Å². The van der Waals surface area contributed by atoms with Crippen LogP contribution in [0.1, 0.15) is 85.8 Å². The number of aliphatic hydroxyl groups excluding tert-OH is 1. The Balaban J connectivity index is 0.891. The van der Waals surface area contributed by atoms with E-state index in [4.69, 9.17) is 21.7 Å². The molecule has 17 nitrogen and oxygen atoms in total. The summed E-state index contributed by atoms with van der Waals surface area (Å²) in [5, 5.41) is 27.3. The van der Waals surface area contributed by atoms with Crippen LogP contribution in [0.5, 0.6) is 11.6 Å². The molecule has 2 fully saturated rings. The Labute approximate surface area is 457 Å². The fraction of sp³-hybridized carbons (Fsp3) is 0.377. The van der Waals surface area contributed by atoms with Crippen molar-refractivity contribution in [3.63, 3.8) is 0 Å². The summed E-state index contributed by atoms with van der Waals surface area (Å²) in [6.45, 7) is 9.25. The van der Waals surface area contributed by atoms with Gasteiger partial charge in [0, 0.05) is 38.2 Å². The SMILES string of the molecule is Cc1ncsc1-c1ccc(CNC(=O)[C@@H]2C[C@@H](O)CN2C(=O)[C@@H](NC(=O)COCCCNC(=O)c2ccc(Oc3ncc(N4C(=S)N(c5ccc(C#N)c(C(F)(F)F)c5F)C(=O)C4(C)C)cc3C(F)(F)F)cc2)C(C)(C)C)cc1. The zero-order valence-electron chi connectivity index (χ0n) is 43.1. The van der Waals surface area contributed by atoms with Crippen LogP contribution < -0.4 is 30.5 Å². The van der Waals surface area contributed by atoms with Gasteiger partial charge in [-0.25, -0.2) is 14.4 Å². The molecule has 5 aromatic rings. The van der Waals surface area contributed by atoms with Gasteiger partial charge in [0.15, 0.2) is 10.9 Å². The first-order chi connectivity index (χ1) is 37.0. The Kier molecular flexibility index (Phi) is 17.5. The summed E-state index contributed by atoms with van der Waals surface area (Å²) in [7, 11) is 0. The van der Waals surface area contributed by atoms with Crippen LogP contribution in [0.2, 0.25) is 0 Å². The van der Waals surface area contributed by atoms with E-state index in [1.54, 1.807) is 26.3 Å². The lowest BCUT2D eigenvalue weighted by atomic mass is 9.85. The molecule has 3 aromatic carbocycles. The van der Waals surface area contributed by atoms with Crippen LogP contribution in [0.3, 0.4) is 0 Å². The fourth-order valence-corrected chi connectivity index (χ4v) is 10.1. The molecule has 7 rings (SSSR count). The number of amides is 5. The second kappa shape index (κ2) is 23.4. The highest BCUT2D eigenvalue weighted by Gasteiger charge is 2.53. The van der Waals surface area contributed by atoms with Crippen molar-refractivity contribution in [3.05, 3.63) is 118 Å². The van der Waals surface area contributed by atoms with Crippen molar-refractivity contribution in [1.29, 1.82) is 5.26 Å². The van der Waals surface area contributed by atoms with Gasteiger partial charge in [-0.3, -0.25) is 28.9 Å². The van der Waals surface area contributed by atoms with Crippen molar-refractivity contribution in [2.45, 2.75) is 97.0 Å². The number of nitrogens with one attached hydrogen (secondary N) is 3. The minimum atomic E-state index is -5.36. The van der Waals surface area contributed by atoms with Gasteiger partial charge in [0.05, 0.1) is 51.4 Å². The minimum Gasteiger partial charge on any atom is -0.438 e. The third kappa shape index (κ3) is 13.1. The Bertz CT molecular complexity index is 3200. The maximum atomic E-state index is 15.5. The molecule has 0 unspecified atom stereocenters. The molecule has 418 valence electrons. The highest BCUT2D eigenvalue weighted by molar-refractivity contribution is 7.81. The summed E-state index contributed by atoms with van der Waals surface area (Å²) in [6.07, 6.45) is -10.4. The third-order valence-electron chi connectivity index (χ3n) is 12.9. The number of benzene rings is 3. The number of thiazole rings is 1. The number of aromatic nitrogens is 2. The first-order valence-corrected chi connectivity index (χ1v) is 25.6. The maximum Gasteiger partial charge on any atom is 0.421 e. The van der Waals surface area contributed by atoms with Gasteiger partial charge in [-0.2, -0.15) is 31.6 Å². The summed E-state index contributed by atoms with van der Waals surface area (Å²) < 4.78 is 112. The number of thiocarbonyl (C=S) groups is 1. The number of carbonyl (C=O) groups excluding carboxylic acids is 5. The minimum absolute atomic E-state index is 0.00416. The molecule has 4 heterocycles. The number of ether oxygens (including phenoxy) is 2. The molecular formula is C53H52F7N9O8S2. The number of carbonyl (C=O) groups is 5. The number of nitrogens with zero attached hydrogens (tertiary/aromatic N) is 6. The number of hydrogen-bond acceptors (Lipinski definition) is 13. The van der Waals surface area contributed by atoms with Crippen LogP contribution in [0.4, 0.5) is 42.1 Å². The first kappa shape index (κ1) is 59.1. The zero-order valence-corrected chi connectivity index (χ0v) is 44.8. The van der Waals surface area contributed by atoms with Gasteiger partial charge in [0.25, 0.3) is 11.8 Å². The number of rotatable bonds is 17. The van der Waals surface area contributed by atoms with Gasteiger partial charge in [-0.1, -0.05) is 45.0 Å². The van der Waals surface area contributed by atoms with E-state index in [9.17, 15) is 60.7 Å². The van der Waals surface area contributed by atoms with Crippen molar-refractivity contribution in [2.75, 3.05) is 36.1 Å². The van der Waals surface area contributed by atoms with Gasteiger partial charge < -0.3 is 40.3 Å². The standard InChI is InChI=1S/C53H52F7N9O8S2/c1-28-42(79-27-65-28)30-10-8-29(9-11-30)23-63-45(73)38-21-34(70)25-67(38)47(74)43(50(2,3)4)66-39(71)26-76-19-7-18-62-44(72)31-12-15-35(16-13-31)77-46-36(52(55,56)57)20-33(24-64-46)69-49(78)68(48(75)51(69,5)6)37-17-14-32(22-61)40(41(37)54)53(58,59)60/h8-17,20,24,27,34,38,43,70H,7,18-19,21,23,25-26H2,1-6H3,(H,62,72)(H,63,73)(H,66,71)/t34-,38+,43-/m1/s1. The van der Waals surface area contributed by atoms with E-state index < -0.39 is 123 Å². The van der Waals surface area contributed by atoms with E-state index >= 15 is 4.39 Å².